The van der Waals surface area contributed by atoms with Crippen LogP contribution in [0.2, 0.25) is 5.02 Å². The number of ketones is 1. The lowest BCUT2D eigenvalue weighted by Crippen LogP contribution is -2.03. The first-order chi connectivity index (χ1) is 9.65. The lowest BCUT2D eigenvalue weighted by Gasteiger charge is -2.03. The number of Topliss-reactive ketones (excluding diaryl/α,β-unsaturated/α-hetero) is 1. The highest BCUT2D eigenvalue weighted by molar-refractivity contribution is 6.30. The largest absolute Gasteiger partial charge is 0.299 e. The molecule has 0 aromatic heterocycles. The van der Waals surface area contributed by atoms with Crippen molar-refractivity contribution < 1.29 is 9.18 Å². The van der Waals surface area contributed by atoms with Crippen molar-refractivity contribution in [3.8, 4) is 0 Å². The highest BCUT2D eigenvalue weighted by Crippen LogP contribution is 2.16. The fraction of sp³-hybridized carbons (Fsp3) is 0.235. The molecule has 0 aliphatic rings. The summed E-state index contributed by atoms with van der Waals surface area (Å²) in [5.74, 6) is -0.344. The number of halogens is 2. The fourth-order valence-corrected chi connectivity index (χ4v) is 2.22. The molecule has 0 heterocycles. The molecule has 2 aromatic carbocycles. The van der Waals surface area contributed by atoms with Gasteiger partial charge in [-0.05, 0) is 36.1 Å². The molecule has 2 rings (SSSR count). The average Bonchev–Trinajstić information content (AvgIpc) is 2.44. The molecule has 0 aliphatic heterocycles. The van der Waals surface area contributed by atoms with E-state index >= 15 is 0 Å². The minimum absolute atomic E-state index is 0.0882. The zero-order valence-corrected chi connectivity index (χ0v) is 11.9. The van der Waals surface area contributed by atoms with Gasteiger partial charge in [0.1, 0.15) is 11.6 Å². The second-order valence-electron chi connectivity index (χ2n) is 4.80. The molecule has 0 saturated heterocycles. The van der Waals surface area contributed by atoms with Gasteiger partial charge in [-0.3, -0.25) is 4.79 Å². The second kappa shape index (κ2) is 7.20. The van der Waals surface area contributed by atoms with Gasteiger partial charge in [0.25, 0.3) is 0 Å². The van der Waals surface area contributed by atoms with Crippen LogP contribution in [0.3, 0.4) is 0 Å². The Morgan fingerprint density at radius 1 is 1.05 bits per heavy atom. The van der Waals surface area contributed by atoms with Crippen molar-refractivity contribution >= 4 is 17.4 Å². The van der Waals surface area contributed by atoms with Crippen molar-refractivity contribution in [2.45, 2.75) is 25.7 Å². The first kappa shape index (κ1) is 14.7. The topological polar surface area (TPSA) is 17.1 Å². The Morgan fingerprint density at radius 3 is 2.50 bits per heavy atom. The average molecular weight is 291 g/mol. The van der Waals surface area contributed by atoms with Crippen LogP contribution in [0.15, 0.2) is 48.5 Å². The van der Waals surface area contributed by atoms with Gasteiger partial charge >= 0.3 is 0 Å². The van der Waals surface area contributed by atoms with Gasteiger partial charge in [0, 0.05) is 12.8 Å². The molecule has 104 valence electrons. The van der Waals surface area contributed by atoms with Crippen LogP contribution in [0.1, 0.15) is 24.0 Å². The maximum atomic E-state index is 13.3. The number of carbonyl (C=O) groups excluding carboxylic acids is 1. The van der Waals surface area contributed by atoms with Crippen molar-refractivity contribution in [3.63, 3.8) is 0 Å². The van der Waals surface area contributed by atoms with E-state index in [-0.39, 0.29) is 17.2 Å². The molecule has 0 spiro atoms. The molecule has 0 fully saturated rings. The summed E-state index contributed by atoms with van der Waals surface area (Å²) in [4.78, 5) is 11.8. The molecule has 3 heteroatoms. The van der Waals surface area contributed by atoms with Gasteiger partial charge in [0.05, 0.1) is 5.02 Å². The summed E-state index contributed by atoms with van der Waals surface area (Å²) in [6, 6.07) is 14.6. The van der Waals surface area contributed by atoms with E-state index in [1.165, 1.54) is 17.7 Å². The van der Waals surface area contributed by atoms with E-state index < -0.39 is 5.82 Å². The molecule has 0 bridgehead atoms. The number of hydrogen-bond donors (Lipinski definition) is 0. The lowest BCUT2D eigenvalue weighted by molar-refractivity contribution is -0.118. The predicted molar refractivity (Wildman–Crippen MR) is 79.5 cm³/mol. The molecular formula is C17H16ClFO. The Balaban J connectivity index is 1.79. The normalized spacial score (nSPS) is 10.5. The standard InChI is InChI=1S/C17H16ClFO/c18-16-10-9-14(12-17(16)19)11-15(20)8-4-7-13-5-2-1-3-6-13/h1-3,5-6,9-10,12H,4,7-8,11H2. The van der Waals surface area contributed by atoms with Crippen LogP contribution in [0.5, 0.6) is 0 Å². The smallest absolute Gasteiger partial charge is 0.142 e. The number of aryl methyl sites for hydroxylation is 1. The lowest BCUT2D eigenvalue weighted by atomic mass is 10.0. The Hall–Kier alpha value is -1.67. The molecule has 0 N–H and O–H groups in total. The van der Waals surface area contributed by atoms with E-state index in [0.717, 1.165) is 12.8 Å². The van der Waals surface area contributed by atoms with Crippen molar-refractivity contribution in [1.82, 2.24) is 0 Å². The molecule has 2 aromatic rings. The van der Waals surface area contributed by atoms with Gasteiger partial charge in [-0.25, -0.2) is 4.39 Å². The summed E-state index contributed by atoms with van der Waals surface area (Å²) in [6.07, 6.45) is 2.49. The number of benzene rings is 2. The van der Waals surface area contributed by atoms with Crippen molar-refractivity contribution in [3.05, 3.63) is 70.5 Å². The van der Waals surface area contributed by atoms with E-state index in [0.29, 0.717) is 12.0 Å². The number of hydrogen-bond acceptors (Lipinski definition) is 1. The summed E-state index contributed by atoms with van der Waals surface area (Å²) in [6.45, 7) is 0. The number of carbonyl (C=O) groups is 1. The van der Waals surface area contributed by atoms with Gasteiger partial charge in [0.15, 0.2) is 0 Å². The van der Waals surface area contributed by atoms with Crippen molar-refractivity contribution in [2.75, 3.05) is 0 Å². The van der Waals surface area contributed by atoms with Crippen LogP contribution >= 0.6 is 11.6 Å². The molecule has 0 atom stereocenters. The third-order valence-electron chi connectivity index (χ3n) is 3.15. The maximum absolute atomic E-state index is 13.3. The molecule has 0 unspecified atom stereocenters. The van der Waals surface area contributed by atoms with E-state index in [1.54, 1.807) is 6.07 Å². The third-order valence-corrected chi connectivity index (χ3v) is 3.46. The van der Waals surface area contributed by atoms with Crippen LogP contribution in [0.25, 0.3) is 0 Å². The molecule has 20 heavy (non-hydrogen) atoms. The summed E-state index contributed by atoms with van der Waals surface area (Å²) in [5, 5.41) is 0.0882. The summed E-state index contributed by atoms with van der Waals surface area (Å²) >= 11 is 5.61. The van der Waals surface area contributed by atoms with E-state index in [2.05, 4.69) is 12.1 Å². The quantitative estimate of drug-likeness (QED) is 0.759. The highest BCUT2D eigenvalue weighted by atomic mass is 35.5. The Labute approximate surface area is 123 Å². The minimum Gasteiger partial charge on any atom is -0.299 e. The van der Waals surface area contributed by atoms with Gasteiger partial charge in [-0.1, -0.05) is 48.0 Å². The van der Waals surface area contributed by atoms with E-state index in [4.69, 9.17) is 11.6 Å². The maximum Gasteiger partial charge on any atom is 0.142 e. The zero-order valence-electron chi connectivity index (χ0n) is 11.1. The molecule has 0 saturated carbocycles. The van der Waals surface area contributed by atoms with Gasteiger partial charge in [-0.15, -0.1) is 0 Å². The van der Waals surface area contributed by atoms with Crippen LogP contribution < -0.4 is 0 Å². The van der Waals surface area contributed by atoms with Gasteiger partial charge in [-0.2, -0.15) is 0 Å². The fourth-order valence-electron chi connectivity index (χ4n) is 2.10. The molecule has 0 radical (unpaired) electrons. The zero-order chi connectivity index (χ0) is 14.4. The van der Waals surface area contributed by atoms with E-state index in [9.17, 15) is 9.18 Å². The Kier molecular flexibility index (Phi) is 5.31. The second-order valence-corrected chi connectivity index (χ2v) is 5.21. The first-order valence-corrected chi connectivity index (χ1v) is 7.02. The first-order valence-electron chi connectivity index (χ1n) is 6.65. The monoisotopic (exact) mass is 290 g/mol. The number of rotatable bonds is 6. The SMILES string of the molecule is O=C(CCCc1ccccc1)Cc1ccc(Cl)c(F)c1. The third kappa shape index (κ3) is 4.46. The van der Waals surface area contributed by atoms with Crippen LogP contribution in [0.4, 0.5) is 4.39 Å². The summed E-state index contributed by atoms with van der Waals surface area (Å²) in [7, 11) is 0. The van der Waals surface area contributed by atoms with Crippen molar-refractivity contribution in [2.24, 2.45) is 0 Å². The Morgan fingerprint density at radius 2 is 1.80 bits per heavy atom. The van der Waals surface area contributed by atoms with Gasteiger partial charge < -0.3 is 0 Å². The highest BCUT2D eigenvalue weighted by Gasteiger charge is 2.06. The minimum atomic E-state index is -0.471. The molecular weight excluding hydrogens is 275 g/mol. The van der Waals surface area contributed by atoms with E-state index in [1.807, 2.05) is 18.2 Å². The Bertz CT molecular complexity index is 581. The summed E-state index contributed by atoms with van der Waals surface area (Å²) < 4.78 is 13.3. The van der Waals surface area contributed by atoms with Crippen LogP contribution in [-0.4, -0.2) is 5.78 Å². The van der Waals surface area contributed by atoms with Crippen LogP contribution in [0, 0.1) is 5.82 Å². The van der Waals surface area contributed by atoms with Crippen molar-refractivity contribution in [1.29, 1.82) is 0 Å². The molecule has 0 aliphatic carbocycles. The molecule has 1 nitrogen and oxygen atoms in total. The molecule has 0 amide bonds. The van der Waals surface area contributed by atoms with Gasteiger partial charge in [0.2, 0.25) is 0 Å². The summed E-state index contributed by atoms with van der Waals surface area (Å²) in [5.41, 5.74) is 1.91. The van der Waals surface area contributed by atoms with Crippen LogP contribution in [-0.2, 0) is 17.6 Å². The predicted octanol–water partition coefficient (Wildman–Crippen LogP) is 4.61.